The molecule has 0 aliphatic rings. The van der Waals surface area contributed by atoms with Gasteiger partial charge in [-0.25, -0.2) is 18.4 Å². The molecule has 0 atom stereocenters. The zero-order chi connectivity index (χ0) is 20.9. The molecule has 148 valence electrons. The number of anilines is 1. The lowest BCUT2D eigenvalue weighted by atomic mass is 10.1. The van der Waals surface area contributed by atoms with E-state index in [-0.39, 0.29) is 22.1 Å². The summed E-state index contributed by atoms with van der Waals surface area (Å²) in [6.45, 7) is 1.17. The van der Waals surface area contributed by atoms with Crippen molar-refractivity contribution in [1.29, 1.82) is 0 Å². The first-order valence-corrected chi connectivity index (χ1v) is 9.97. The Balaban J connectivity index is 2.03. The number of halogens is 1. The van der Waals surface area contributed by atoms with Crippen LogP contribution >= 0.6 is 11.6 Å². The Morgan fingerprint density at radius 3 is 2.25 bits per heavy atom. The van der Waals surface area contributed by atoms with Gasteiger partial charge in [0.1, 0.15) is 4.90 Å². The van der Waals surface area contributed by atoms with Gasteiger partial charge in [0.05, 0.1) is 10.6 Å². The number of nitrogens with two attached hydrogens (primary N) is 1. The van der Waals surface area contributed by atoms with Crippen LogP contribution in [-0.2, 0) is 19.6 Å². The third kappa shape index (κ3) is 5.62. The molecule has 0 radical (unpaired) electrons. The highest BCUT2D eigenvalue weighted by molar-refractivity contribution is 7.89. The van der Waals surface area contributed by atoms with E-state index >= 15 is 0 Å². The van der Waals surface area contributed by atoms with Gasteiger partial charge in [-0.15, -0.1) is 0 Å². The standard InChI is InChI=1S/C18H17ClN2O6S/c1-2-17(23)21-13-6-3-11(4-7-13)15(22)10-27-18(24)12-5-8-14(19)16(9-12)28(20,25)26/h3-9H,2,10H2,1H3,(H,21,23)(H2,20,25,26). The van der Waals surface area contributed by atoms with Gasteiger partial charge < -0.3 is 10.1 Å². The van der Waals surface area contributed by atoms with Gasteiger partial charge in [0.25, 0.3) is 0 Å². The van der Waals surface area contributed by atoms with Crippen molar-refractivity contribution in [1.82, 2.24) is 0 Å². The first kappa shape index (κ1) is 21.5. The quantitative estimate of drug-likeness (QED) is 0.517. The Morgan fingerprint density at radius 2 is 1.68 bits per heavy atom. The van der Waals surface area contributed by atoms with Gasteiger partial charge in [0.2, 0.25) is 15.9 Å². The molecule has 28 heavy (non-hydrogen) atoms. The second-order valence-electron chi connectivity index (χ2n) is 5.67. The maximum atomic E-state index is 12.1. The number of ketones is 1. The van der Waals surface area contributed by atoms with Crippen molar-refractivity contribution in [3.63, 3.8) is 0 Å². The summed E-state index contributed by atoms with van der Waals surface area (Å²) in [6, 6.07) is 9.53. The molecule has 0 aliphatic heterocycles. The smallest absolute Gasteiger partial charge is 0.338 e. The molecule has 2 aromatic rings. The number of primary sulfonamides is 1. The fourth-order valence-electron chi connectivity index (χ4n) is 2.13. The van der Waals surface area contributed by atoms with Gasteiger partial charge >= 0.3 is 5.97 Å². The molecular weight excluding hydrogens is 408 g/mol. The number of Topliss-reactive ketones (excluding diaryl/α,β-unsaturated/α-hetero) is 1. The molecule has 2 aromatic carbocycles. The van der Waals surface area contributed by atoms with Gasteiger partial charge in [0, 0.05) is 17.7 Å². The number of nitrogens with one attached hydrogen (secondary N) is 1. The van der Waals surface area contributed by atoms with Gasteiger partial charge in [-0.3, -0.25) is 9.59 Å². The van der Waals surface area contributed by atoms with E-state index in [2.05, 4.69) is 5.32 Å². The molecule has 0 fully saturated rings. The zero-order valence-electron chi connectivity index (χ0n) is 14.8. The minimum absolute atomic E-state index is 0.112. The van der Waals surface area contributed by atoms with E-state index in [9.17, 15) is 22.8 Å². The Hall–Kier alpha value is -2.75. The summed E-state index contributed by atoms with van der Waals surface area (Å²) >= 11 is 5.75. The van der Waals surface area contributed by atoms with Crippen LogP contribution in [-0.4, -0.2) is 32.7 Å². The molecule has 0 saturated carbocycles. The average Bonchev–Trinajstić information content (AvgIpc) is 2.65. The van der Waals surface area contributed by atoms with Crippen LogP contribution in [0.5, 0.6) is 0 Å². The third-order valence-electron chi connectivity index (χ3n) is 3.62. The number of sulfonamides is 1. The number of amides is 1. The summed E-state index contributed by atoms with van der Waals surface area (Å²) in [5.41, 5.74) is 0.708. The number of hydrogen-bond acceptors (Lipinski definition) is 6. The summed E-state index contributed by atoms with van der Waals surface area (Å²) < 4.78 is 27.8. The summed E-state index contributed by atoms with van der Waals surface area (Å²) in [4.78, 5) is 35.1. The van der Waals surface area contributed by atoms with E-state index in [0.717, 1.165) is 6.07 Å². The van der Waals surface area contributed by atoms with E-state index in [4.69, 9.17) is 21.5 Å². The average molecular weight is 425 g/mol. The molecule has 0 aliphatic carbocycles. The molecular formula is C18H17ClN2O6S. The predicted molar refractivity (Wildman–Crippen MR) is 103 cm³/mol. The Kier molecular flexibility index (Phi) is 6.90. The van der Waals surface area contributed by atoms with E-state index in [0.29, 0.717) is 12.1 Å². The van der Waals surface area contributed by atoms with Gasteiger partial charge in [-0.1, -0.05) is 18.5 Å². The number of hydrogen-bond donors (Lipinski definition) is 2. The van der Waals surface area contributed by atoms with Crippen molar-refractivity contribution in [3.8, 4) is 0 Å². The van der Waals surface area contributed by atoms with E-state index in [1.54, 1.807) is 19.1 Å². The van der Waals surface area contributed by atoms with Crippen LogP contribution in [0.2, 0.25) is 5.02 Å². The molecule has 0 saturated heterocycles. The van der Waals surface area contributed by atoms with Gasteiger partial charge in [0.15, 0.2) is 12.4 Å². The molecule has 0 heterocycles. The third-order valence-corrected chi connectivity index (χ3v) is 5.01. The molecule has 2 rings (SSSR count). The van der Waals surface area contributed by atoms with Crippen LogP contribution in [0.3, 0.4) is 0 Å². The van der Waals surface area contributed by atoms with Gasteiger partial charge in [-0.05, 0) is 42.5 Å². The van der Waals surface area contributed by atoms with E-state index < -0.39 is 33.3 Å². The number of ether oxygens (including phenoxy) is 1. The summed E-state index contributed by atoms with van der Waals surface area (Å²) in [7, 11) is -4.12. The van der Waals surface area contributed by atoms with Crippen LogP contribution in [0.15, 0.2) is 47.4 Å². The second kappa shape index (κ2) is 8.96. The zero-order valence-corrected chi connectivity index (χ0v) is 16.3. The highest BCUT2D eigenvalue weighted by Gasteiger charge is 2.18. The maximum Gasteiger partial charge on any atom is 0.338 e. The van der Waals surface area contributed by atoms with Crippen LogP contribution in [0.4, 0.5) is 5.69 Å². The Bertz CT molecular complexity index is 1020. The number of rotatable bonds is 7. The SMILES string of the molecule is CCC(=O)Nc1ccc(C(=O)COC(=O)c2ccc(Cl)c(S(N)(=O)=O)c2)cc1. The molecule has 0 spiro atoms. The Morgan fingerprint density at radius 1 is 1.07 bits per heavy atom. The number of benzene rings is 2. The van der Waals surface area contributed by atoms with Crippen molar-refractivity contribution in [2.24, 2.45) is 5.14 Å². The summed E-state index contributed by atoms with van der Waals surface area (Å²) in [5.74, 6) is -1.53. The number of carbonyl (C=O) groups is 3. The minimum atomic E-state index is -4.12. The Labute approximate surface area is 166 Å². The van der Waals surface area contributed by atoms with Crippen molar-refractivity contribution in [3.05, 3.63) is 58.6 Å². The minimum Gasteiger partial charge on any atom is -0.454 e. The summed E-state index contributed by atoms with van der Waals surface area (Å²) in [6.07, 6.45) is 0.328. The van der Waals surface area contributed by atoms with Crippen molar-refractivity contribution >= 4 is 45.0 Å². The van der Waals surface area contributed by atoms with Crippen LogP contribution in [0, 0.1) is 0 Å². The van der Waals surface area contributed by atoms with Crippen molar-refractivity contribution in [2.45, 2.75) is 18.2 Å². The number of carbonyl (C=O) groups excluding carboxylic acids is 3. The lowest BCUT2D eigenvalue weighted by Gasteiger charge is -2.08. The molecule has 0 aromatic heterocycles. The molecule has 8 nitrogen and oxygen atoms in total. The van der Waals surface area contributed by atoms with Crippen LogP contribution in [0.25, 0.3) is 0 Å². The molecule has 10 heteroatoms. The van der Waals surface area contributed by atoms with E-state index in [1.165, 1.54) is 24.3 Å². The predicted octanol–water partition coefficient (Wildman–Crippen LogP) is 2.38. The second-order valence-corrected chi connectivity index (χ2v) is 7.61. The lowest BCUT2D eigenvalue weighted by Crippen LogP contribution is -2.16. The highest BCUT2D eigenvalue weighted by Crippen LogP contribution is 2.22. The molecule has 0 bridgehead atoms. The molecule has 1 amide bonds. The maximum absolute atomic E-state index is 12.1. The van der Waals surface area contributed by atoms with Crippen molar-refractivity contribution in [2.75, 3.05) is 11.9 Å². The van der Waals surface area contributed by atoms with Gasteiger partial charge in [-0.2, -0.15) is 0 Å². The lowest BCUT2D eigenvalue weighted by molar-refractivity contribution is -0.115. The normalized spacial score (nSPS) is 11.0. The van der Waals surface area contributed by atoms with Crippen LogP contribution < -0.4 is 10.5 Å². The molecule has 3 N–H and O–H groups in total. The van der Waals surface area contributed by atoms with Crippen LogP contribution in [0.1, 0.15) is 34.1 Å². The highest BCUT2D eigenvalue weighted by atomic mass is 35.5. The first-order valence-electron chi connectivity index (χ1n) is 8.04. The van der Waals surface area contributed by atoms with Crippen molar-refractivity contribution < 1.29 is 27.5 Å². The first-order chi connectivity index (χ1) is 13.1. The fraction of sp³-hybridized carbons (Fsp3) is 0.167. The largest absolute Gasteiger partial charge is 0.454 e. The van der Waals surface area contributed by atoms with E-state index in [1.807, 2.05) is 0 Å². The summed E-state index contributed by atoms with van der Waals surface area (Å²) in [5, 5.41) is 7.54. The number of esters is 1. The monoisotopic (exact) mass is 424 g/mol. The fourth-order valence-corrected chi connectivity index (χ4v) is 3.21. The topological polar surface area (TPSA) is 133 Å². The molecule has 0 unspecified atom stereocenters.